The molecule has 2 N–H and O–H groups in total. The molecule has 27 heavy (non-hydrogen) atoms. The van der Waals surface area contributed by atoms with Gasteiger partial charge in [0.05, 0.1) is 45.9 Å². The number of rotatable bonds is 1. The number of benzene rings is 1. The second kappa shape index (κ2) is 5.09. The van der Waals surface area contributed by atoms with Gasteiger partial charge in [-0.3, -0.25) is 9.59 Å². The number of imide groups is 1. The van der Waals surface area contributed by atoms with Crippen molar-refractivity contribution in [2.45, 2.75) is 43.7 Å². The Bertz CT molecular complexity index is 925. The molecule has 0 radical (unpaired) electrons. The molecule has 3 aliphatic heterocycles. The number of halogens is 3. The number of carbonyl (C=O) groups is 2. The van der Waals surface area contributed by atoms with E-state index in [0.29, 0.717) is 12.5 Å². The summed E-state index contributed by atoms with van der Waals surface area (Å²) >= 11 is 0. The van der Waals surface area contributed by atoms with Gasteiger partial charge in [-0.2, -0.15) is 18.4 Å². The largest absolute Gasteiger partial charge is 0.417 e. The standard InChI is InChI=1S/C18H16F3N3O3/c1-16-6-11(23)17(2,27-16)13-12(16)14(25)24(15(13)26)9-4-3-8(7-22)10(5-9)18(19,20)21/h3-5,11-13H,6,23H2,1-2H3/t11-,12?,13+,16-,17+/m1/s1. The van der Waals surface area contributed by atoms with Crippen molar-refractivity contribution in [2.24, 2.45) is 17.6 Å². The fourth-order valence-corrected chi connectivity index (χ4v) is 4.86. The van der Waals surface area contributed by atoms with E-state index in [0.717, 1.165) is 11.0 Å². The lowest BCUT2D eigenvalue weighted by atomic mass is 9.67. The SMILES string of the molecule is C[C@]12O[C@](C)(C[C@H]1N)C1C(=O)N(c3ccc(C#N)c(C(F)(F)F)c3)C(=O)[C@H]12. The van der Waals surface area contributed by atoms with Gasteiger partial charge in [-0.25, -0.2) is 4.90 Å². The van der Waals surface area contributed by atoms with Gasteiger partial charge in [0.25, 0.3) is 0 Å². The lowest BCUT2D eigenvalue weighted by molar-refractivity contribution is -0.138. The van der Waals surface area contributed by atoms with Crippen LogP contribution in [0.25, 0.3) is 0 Å². The van der Waals surface area contributed by atoms with E-state index in [-0.39, 0.29) is 5.69 Å². The molecule has 2 bridgehead atoms. The Balaban J connectivity index is 1.81. The predicted octanol–water partition coefficient (Wildman–Crippen LogP) is 1.96. The summed E-state index contributed by atoms with van der Waals surface area (Å²) in [6.07, 6.45) is -4.40. The summed E-state index contributed by atoms with van der Waals surface area (Å²) in [5, 5.41) is 8.92. The molecule has 0 aliphatic carbocycles. The number of hydrogen-bond donors (Lipinski definition) is 1. The summed E-state index contributed by atoms with van der Waals surface area (Å²) in [4.78, 5) is 26.8. The Kier molecular flexibility index (Phi) is 3.38. The topological polar surface area (TPSA) is 96.4 Å². The number of carbonyl (C=O) groups excluding carboxylic acids is 2. The van der Waals surface area contributed by atoms with E-state index < -0.39 is 58.2 Å². The molecule has 0 spiro atoms. The summed E-state index contributed by atoms with van der Waals surface area (Å²) in [7, 11) is 0. The first-order valence-electron chi connectivity index (χ1n) is 8.39. The van der Waals surface area contributed by atoms with Crippen LogP contribution in [0.15, 0.2) is 18.2 Å². The van der Waals surface area contributed by atoms with Gasteiger partial charge < -0.3 is 10.5 Å². The highest BCUT2D eigenvalue weighted by Gasteiger charge is 2.75. The van der Waals surface area contributed by atoms with Crippen LogP contribution < -0.4 is 10.6 Å². The highest BCUT2D eigenvalue weighted by Crippen LogP contribution is 2.60. The number of nitriles is 1. The van der Waals surface area contributed by atoms with E-state index in [1.165, 1.54) is 12.1 Å². The number of ether oxygens (including phenoxy) is 1. The van der Waals surface area contributed by atoms with Crippen molar-refractivity contribution in [3.8, 4) is 6.07 Å². The lowest BCUT2D eigenvalue weighted by Crippen LogP contribution is -2.53. The third-order valence-electron chi connectivity index (χ3n) is 6.08. The molecule has 3 heterocycles. The minimum absolute atomic E-state index is 0.203. The summed E-state index contributed by atoms with van der Waals surface area (Å²) < 4.78 is 45.7. The minimum Gasteiger partial charge on any atom is -0.366 e. The van der Waals surface area contributed by atoms with Crippen LogP contribution in [0.1, 0.15) is 31.4 Å². The molecule has 2 amide bonds. The van der Waals surface area contributed by atoms with E-state index >= 15 is 0 Å². The second-order valence-corrected chi connectivity index (χ2v) is 7.72. The fraction of sp³-hybridized carbons (Fsp3) is 0.500. The normalized spacial score (nSPS) is 37.7. The third-order valence-corrected chi connectivity index (χ3v) is 6.08. The average Bonchev–Trinajstić information content (AvgIpc) is 3.07. The summed E-state index contributed by atoms with van der Waals surface area (Å²) in [6, 6.07) is 3.84. The number of anilines is 1. The van der Waals surface area contributed by atoms with Crippen LogP contribution >= 0.6 is 0 Å². The molecule has 9 heteroatoms. The molecular weight excluding hydrogens is 363 g/mol. The maximum absolute atomic E-state index is 13.3. The summed E-state index contributed by atoms with van der Waals surface area (Å²) in [5.74, 6) is -2.85. The van der Waals surface area contributed by atoms with Gasteiger partial charge in [0.15, 0.2) is 0 Å². The zero-order chi connectivity index (χ0) is 19.9. The Morgan fingerprint density at radius 2 is 1.89 bits per heavy atom. The van der Waals surface area contributed by atoms with Crippen molar-refractivity contribution in [3.05, 3.63) is 29.3 Å². The van der Waals surface area contributed by atoms with Crippen molar-refractivity contribution in [1.29, 1.82) is 5.26 Å². The van der Waals surface area contributed by atoms with E-state index in [2.05, 4.69) is 0 Å². The maximum Gasteiger partial charge on any atom is 0.417 e. The van der Waals surface area contributed by atoms with Crippen LogP contribution in [0.5, 0.6) is 0 Å². The number of fused-ring (bicyclic) bond motifs is 5. The Morgan fingerprint density at radius 1 is 1.26 bits per heavy atom. The third kappa shape index (κ3) is 2.14. The van der Waals surface area contributed by atoms with Crippen LogP contribution in [-0.4, -0.2) is 29.1 Å². The van der Waals surface area contributed by atoms with Gasteiger partial charge in [0.2, 0.25) is 11.8 Å². The molecule has 3 aliphatic rings. The Labute approximate surface area is 152 Å². The molecule has 1 unspecified atom stereocenters. The predicted molar refractivity (Wildman–Crippen MR) is 86.1 cm³/mol. The van der Waals surface area contributed by atoms with Gasteiger partial charge in [-0.1, -0.05) is 0 Å². The number of nitrogens with zero attached hydrogens (tertiary/aromatic N) is 2. The number of nitrogens with two attached hydrogens (primary N) is 1. The van der Waals surface area contributed by atoms with Crippen molar-refractivity contribution in [1.82, 2.24) is 0 Å². The van der Waals surface area contributed by atoms with Gasteiger partial charge >= 0.3 is 6.18 Å². The van der Waals surface area contributed by atoms with Crippen LogP contribution in [0, 0.1) is 23.2 Å². The van der Waals surface area contributed by atoms with Crippen LogP contribution in [0.2, 0.25) is 0 Å². The Morgan fingerprint density at radius 3 is 2.48 bits per heavy atom. The van der Waals surface area contributed by atoms with Crippen molar-refractivity contribution >= 4 is 17.5 Å². The molecule has 5 atom stereocenters. The molecule has 3 fully saturated rings. The first kappa shape index (κ1) is 17.9. The first-order chi connectivity index (χ1) is 12.4. The average molecular weight is 379 g/mol. The number of amides is 2. The first-order valence-corrected chi connectivity index (χ1v) is 8.39. The van der Waals surface area contributed by atoms with Gasteiger partial charge in [-0.05, 0) is 38.5 Å². The van der Waals surface area contributed by atoms with Gasteiger partial charge in [0, 0.05) is 6.04 Å². The smallest absolute Gasteiger partial charge is 0.366 e. The molecule has 1 aromatic carbocycles. The van der Waals surface area contributed by atoms with E-state index in [1.54, 1.807) is 13.8 Å². The summed E-state index contributed by atoms with van der Waals surface area (Å²) in [6.45, 7) is 3.37. The fourth-order valence-electron chi connectivity index (χ4n) is 4.86. The zero-order valence-electron chi connectivity index (χ0n) is 14.5. The molecule has 1 aromatic rings. The lowest BCUT2D eigenvalue weighted by Gasteiger charge is -2.32. The van der Waals surface area contributed by atoms with Crippen LogP contribution in [-0.2, 0) is 20.5 Å². The highest BCUT2D eigenvalue weighted by molar-refractivity contribution is 6.23. The van der Waals surface area contributed by atoms with E-state index in [1.807, 2.05) is 0 Å². The van der Waals surface area contributed by atoms with Crippen molar-refractivity contribution in [3.63, 3.8) is 0 Å². The number of alkyl halides is 3. The van der Waals surface area contributed by atoms with E-state index in [9.17, 15) is 22.8 Å². The molecule has 3 saturated heterocycles. The molecule has 0 aromatic heterocycles. The molecule has 6 nitrogen and oxygen atoms in total. The monoisotopic (exact) mass is 379 g/mol. The van der Waals surface area contributed by atoms with Crippen molar-refractivity contribution in [2.75, 3.05) is 4.90 Å². The van der Waals surface area contributed by atoms with Crippen LogP contribution in [0.3, 0.4) is 0 Å². The molecule has 0 saturated carbocycles. The Hall–Kier alpha value is -2.44. The molecule has 4 rings (SSSR count). The zero-order valence-corrected chi connectivity index (χ0v) is 14.5. The molecule has 142 valence electrons. The summed E-state index contributed by atoms with van der Waals surface area (Å²) in [5.41, 5.74) is 2.18. The second-order valence-electron chi connectivity index (χ2n) is 7.72. The van der Waals surface area contributed by atoms with Gasteiger partial charge in [-0.15, -0.1) is 0 Å². The van der Waals surface area contributed by atoms with E-state index in [4.69, 9.17) is 15.7 Å². The van der Waals surface area contributed by atoms with Gasteiger partial charge in [0.1, 0.15) is 0 Å². The van der Waals surface area contributed by atoms with Crippen molar-refractivity contribution < 1.29 is 27.5 Å². The minimum atomic E-state index is -4.79. The highest BCUT2D eigenvalue weighted by atomic mass is 19.4. The quantitative estimate of drug-likeness (QED) is 0.753. The number of hydrogen-bond acceptors (Lipinski definition) is 5. The van der Waals surface area contributed by atoms with Crippen LogP contribution in [0.4, 0.5) is 18.9 Å². The maximum atomic E-state index is 13.3. The molecular formula is C18H16F3N3O3.